The minimum Gasteiger partial charge on any atom is -0.358 e. The van der Waals surface area contributed by atoms with E-state index in [0.29, 0.717) is 12.0 Å². The topological polar surface area (TPSA) is 67.4 Å². The monoisotopic (exact) mass is 354 g/mol. The van der Waals surface area contributed by atoms with Crippen LogP contribution in [0.4, 0.5) is 5.82 Å². The molecule has 1 fully saturated rings. The number of anilines is 1. The first-order chi connectivity index (χ1) is 12.5. The van der Waals surface area contributed by atoms with Gasteiger partial charge in [-0.15, -0.1) is 15.3 Å². The molecule has 0 radical (unpaired) electrons. The van der Waals surface area contributed by atoms with E-state index in [0.717, 1.165) is 30.4 Å². The fourth-order valence-corrected chi connectivity index (χ4v) is 4.11. The molecule has 8 nitrogen and oxygen atoms in total. The largest absolute Gasteiger partial charge is 0.358 e. The molecule has 0 aliphatic carbocycles. The number of nitrogens with zero attached hydrogens (tertiary/aromatic N) is 8. The minimum absolute atomic E-state index is 0.374. The molecule has 3 aromatic rings. The summed E-state index contributed by atoms with van der Waals surface area (Å²) in [6.07, 6.45) is 6.33. The van der Waals surface area contributed by atoms with Gasteiger partial charge in [-0.1, -0.05) is 0 Å². The molecular formula is C18H26N8. The average molecular weight is 354 g/mol. The van der Waals surface area contributed by atoms with E-state index in [1.165, 1.54) is 18.5 Å². The summed E-state index contributed by atoms with van der Waals surface area (Å²) in [6, 6.07) is 4.37. The summed E-state index contributed by atoms with van der Waals surface area (Å²) in [5, 5.41) is 12.9. The highest BCUT2D eigenvalue weighted by molar-refractivity contribution is 5.45. The van der Waals surface area contributed by atoms with Crippen LogP contribution in [0.5, 0.6) is 0 Å². The van der Waals surface area contributed by atoms with E-state index in [1.807, 2.05) is 31.6 Å². The van der Waals surface area contributed by atoms with E-state index in [2.05, 4.69) is 50.7 Å². The maximum atomic E-state index is 4.71. The van der Waals surface area contributed by atoms with Gasteiger partial charge in [0.2, 0.25) is 0 Å². The summed E-state index contributed by atoms with van der Waals surface area (Å²) >= 11 is 0. The van der Waals surface area contributed by atoms with E-state index in [-0.39, 0.29) is 0 Å². The zero-order chi connectivity index (χ0) is 18.3. The summed E-state index contributed by atoms with van der Waals surface area (Å²) in [6.45, 7) is 3.99. The van der Waals surface area contributed by atoms with Crippen LogP contribution >= 0.6 is 0 Å². The number of aryl methyl sites for hydroxylation is 2. The van der Waals surface area contributed by atoms with Gasteiger partial charge in [0.1, 0.15) is 5.82 Å². The van der Waals surface area contributed by atoms with Gasteiger partial charge in [-0.05, 0) is 51.4 Å². The van der Waals surface area contributed by atoms with Crippen LogP contribution in [0, 0.1) is 12.8 Å². The molecule has 4 heterocycles. The maximum absolute atomic E-state index is 4.71. The molecule has 4 rings (SSSR count). The highest BCUT2D eigenvalue weighted by atomic mass is 15.4. The van der Waals surface area contributed by atoms with E-state index in [1.54, 1.807) is 4.52 Å². The third kappa shape index (κ3) is 2.94. The molecule has 3 aromatic heterocycles. The second kappa shape index (κ2) is 6.68. The Morgan fingerprint density at radius 2 is 2.08 bits per heavy atom. The van der Waals surface area contributed by atoms with Crippen LogP contribution in [0.1, 0.15) is 30.4 Å². The predicted octanol–water partition coefficient (Wildman–Crippen LogP) is 1.69. The van der Waals surface area contributed by atoms with Crippen LogP contribution in [-0.2, 0) is 7.05 Å². The SMILES string of the molecule is Cc1nnc2ccc(N(C)C[C@@H]3CCCN(C)[C@H]3c3cncn3C)nn12. The lowest BCUT2D eigenvalue weighted by atomic mass is 9.87. The molecule has 0 N–H and O–H groups in total. The zero-order valence-corrected chi connectivity index (χ0v) is 15.9. The number of fused-ring (bicyclic) bond motifs is 1. The number of aromatic nitrogens is 6. The van der Waals surface area contributed by atoms with Gasteiger partial charge in [-0.3, -0.25) is 4.90 Å². The van der Waals surface area contributed by atoms with Crippen molar-refractivity contribution in [2.75, 3.05) is 32.1 Å². The van der Waals surface area contributed by atoms with Gasteiger partial charge in [-0.25, -0.2) is 4.98 Å². The number of hydrogen-bond donors (Lipinski definition) is 0. The zero-order valence-electron chi connectivity index (χ0n) is 15.9. The Labute approximate surface area is 153 Å². The average Bonchev–Trinajstić information content (AvgIpc) is 3.21. The summed E-state index contributed by atoms with van der Waals surface area (Å²) in [4.78, 5) is 9.03. The van der Waals surface area contributed by atoms with Crippen molar-refractivity contribution in [3.05, 3.63) is 36.2 Å². The molecule has 1 saturated heterocycles. The Balaban J connectivity index is 1.58. The Morgan fingerprint density at radius 3 is 2.85 bits per heavy atom. The van der Waals surface area contributed by atoms with Crippen molar-refractivity contribution in [3.8, 4) is 0 Å². The summed E-state index contributed by atoms with van der Waals surface area (Å²) in [7, 11) is 6.41. The molecule has 0 unspecified atom stereocenters. The van der Waals surface area contributed by atoms with Gasteiger partial charge >= 0.3 is 0 Å². The van der Waals surface area contributed by atoms with Crippen LogP contribution in [-0.4, -0.2) is 61.4 Å². The molecule has 0 bridgehead atoms. The molecular weight excluding hydrogens is 328 g/mol. The van der Waals surface area contributed by atoms with Crippen LogP contribution in [0.2, 0.25) is 0 Å². The maximum Gasteiger partial charge on any atom is 0.178 e. The summed E-state index contributed by atoms with van der Waals surface area (Å²) in [5.41, 5.74) is 2.06. The second-order valence-corrected chi connectivity index (χ2v) is 7.35. The lowest BCUT2D eigenvalue weighted by Gasteiger charge is -2.41. The van der Waals surface area contributed by atoms with Gasteiger partial charge in [0, 0.05) is 26.8 Å². The molecule has 0 spiro atoms. The Kier molecular flexibility index (Phi) is 4.36. The van der Waals surface area contributed by atoms with E-state index in [4.69, 9.17) is 5.10 Å². The van der Waals surface area contributed by atoms with Crippen LogP contribution in [0.15, 0.2) is 24.7 Å². The van der Waals surface area contributed by atoms with Gasteiger partial charge in [0.05, 0.1) is 18.1 Å². The molecule has 0 saturated carbocycles. The second-order valence-electron chi connectivity index (χ2n) is 7.35. The Morgan fingerprint density at radius 1 is 1.23 bits per heavy atom. The molecule has 8 heteroatoms. The van der Waals surface area contributed by atoms with Crippen molar-refractivity contribution in [2.24, 2.45) is 13.0 Å². The molecule has 0 aromatic carbocycles. The van der Waals surface area contributed by atoms with Gasteiger partial charge < -0.3 is 9.47 Å². The highest BCUT2D eigenvalue weighted by Crippen LogP contribution is 2.35. The van der Waals surface area contributed by atoms with Crippen molar-refractivity contribution in [1.82, 2.24) is 34.3 Å². The number of hydrogen-bond acceptors (Lipinski definition) is 6. The fourth-order valence-electron chi connectivity index (χ4n) is 4.11. The number of piperidine rings is 1. The Bertz CT molecular complexity index is 898. The molecule has 1 aliphatic rings. The van der Waals surface area contributed by atoms with E-state index >= 15 is 0 Å². The van der Waals surface area contributed by atoms with Crippen molar-refractivity contribution in [1.29, 1.82) is 0 Å². The normalized spacial score (nSPS) is 21.4. The lowest BCUT2D eigenvalue weighted by molar-refractivity contribution is 0.118. The predicted molar refractivity (Wildman–Crippen MR) is 100 cm³/mol. The smallest absolute Gasteiger partial charge is 0.178 e. The van der Waals surface area contributed by atoms with Gasteiger partial charge in [0.25, 0.3) is 0 Å². The molecule has 1 aliphatic heterocycles. The van der Waals surface area contributed by atoms with Gasteiger partial charge in [-0.2, -0.15) is 4.52 Å². The number of likely N-dealkylation sites (tertiary alicyclic amines) is 1. The summed E-state index contributed by atoms with van der Waals surface area (Å²) in [5.74, 6) is 2.27. The quantitative estimate of drug-likeness (QED) is 0.710. The number of rotatable bonds is 4. The lowest BCUT2D eigenvalue weighted by Crippen LogP contribution is -2.42. The highest BCUT2D eigenvalue weighted by Gasteiger charge is 2.33. The molecule has 26 heavy (non-hydrogen) atoms. The van der Waals surface area contributed by atoms with Crippen LogP contribution in [0.25, 0.3) is 5.65 Å². The summed E-state index contributed by atoms with van der Waals surface area (Å²) < 4.78 is 3.95. The third-order valence-electron chi connectivity index (χ3n) is 5.47. The first-order valence-corrected chi connectivity index (χ1v) is 9.11. The standard InChI is InChI=1S/C18H26N8/c1-13-20-21-16-7-8-17(22-26(13)16)24(3)11-14-6-5-9-23(2)18(14)15-10-19-12-25(15)4/h7-8,10,12,14,18H,5-6,9,11H2,1-4H3/t14-,18+/m0/s1. The van der Waals surface area contributed by atoms with E-state index < -0.39 is 0 Å². The minimum atomic E-state index is 0.374. The van der Waals surface area contributed by atoms with Crippen molar-refractivity contribution >= 4 is 11.5 Å². The van der Waals surface area contributed by atoms with E-state index in [9.17, 15) is 0 Å². The first-order valence-electron chi connectivity index (χ1n) is 9.11. The molecule has 0 amide bonds. The van der Waals surface area contributed by atoms with Crippen molar-refractivity contribution in [2.45, 2.75) is 25.8 Å². The molecule has 2 atom stereocenters. The van der Waals surface area contributed by atoms with Crippen molar-refractivity contribution < 1.29 is 0 Å². The Hall–Kier alpha value is -2.48. The first kappa shape index (κ1) is 17.0. The van der Waals surface area contributed by atoms with Crippen LogP contribution in [0.3, 0.4) is 0 Å². The van der Waals surface area contributed by atoms with Gasteiger partial charge in [0.15, 0.2) is 11.5 Å². The third-order valence-corrected chi connectivity index (χ3v) is 5.47. The van der Waals surface area contributed by atoms with Crippen LogP contribution < -0.4 is 4.90 Å². The number of imidazole rings is 1. The fraction of sp³-hybridized carbons (Fsp3) is 0.556. The van der Waals surface area contributed by atoms with Crippen molar-refractivity contribution in [3.63, 3.8) is 0 Å². The molecule has 138 valence electrons.